The summed E-state index contributed by atoms with van der Waals surface area (Å²) >= 11 is 0. The number of fused-ring (bicyclic) bond motifs is 3. The lowest BCUT2D eigenvalue weighted by atomic mass is 10.0. The highest BCUT2D eigenvalue weighted by atomic mass is 15.3. The Kier molecular flexibility index (Phi) is 4.58. The molecule has 34 heavy (non-hydrogen) atoms. The van der Waals surface area contributed by atoms with Crippen molar-refractivity contribution < 1.29 is 0 Å². The summed E-state index contributed by atoms with van der Waals surface area (Å²) < 4.78 is 0. The molecule has 1 aliphatic heterocycles. The second kappa shape index (κ2) is 7.92. The number of pyridine rings is 3. The fourth-order valence-electron chi connectivity index (χ4n) is 5.17. The van der Waals surface area contributed by atoms with Gasteiger partial charge in [-0.15, -0.1) is 0 Å². The molecule has 7 rings (SSSR count). The fourth-order valence-corrected chi connectivity index (χ4v) is 5.17. The molecule has 6 nitrogen and oxygen atoms in total. The average molecular weight is 447 g/mol. The zero-order valence-electron chi connectivity index (χ0n) is 19.0. The minimum atomic E-state index is 0.858. The van der Waals surface area contributed by atoms with E-state index in [0.29, 0.717) is 0 Å². The van der Waals surface area contributed by atoms with Crippen LogP contribution in [0, 0.1) is 0 Å². The van der Waals surface area contributed by atoms with Crippen LogP contribution in [-0.4, -0.2) is 57.1 Å². The predicted molar refractivity (Wildman–Crippen MR) is 137 cm³/mol. The van der Waals surface area contributed by atoms with Gasteiger partial charge in [-0.25, -0.2) is 4.98 Å². The van der Waals surface area contributed by atoms with E-state index in [0.717, 1.165) is 57.9 Å². The largest absolute Gasteiger partial charge is 0.369 e. The summed E-state index contributed by atoms with van der Waals surface area (Å²) in [5, 5.41) is 2.24. The van der Waals surface area contributed by atoms with Crippen molar-refractivity contribution in [1.29, 1.82) is 0 Å². The van der Waals surface area contributed by atoms with Gasteiger partial charge < -0.3 is 9.88 Å². The van der Waals surface area contributed by atoms with E-state index in [4.69, 9.17) is 4.98 Å². The number of hydrogen-bond acceptors (Lipinski definition) is 5. The summed E-state index contributed by atoms with van der Waals surface area (Å²) in [6.07, 6.45) is 10.3. The van der Waals surface area contributed by atoms with Gasteiger partial charge in [0.15, 0.2) is 0 Å². The van der Waals surface area contributed by atoms with Crippen LogP contribution in [0.25, 0.3) is 44.3 Å². The van der Waals surface area contributed by atoms with E-state index in [2.05, 4.69) is 61.1 Å². The molecular weight excluding hydrogens is 420 g/mol. The lowest BCUT2D eigenvalue weighted by molar-refractivity contribution is 0.248. The maximum Gasteiger partial charge on any atom is 0.138 e. The molecule has 168 valence electrons. The number of nitrogens with one attached hydrogen (secondary N) is 1. The van der Waals surface area contributed by atoms with Crippen LogP contribution in [-0.2, 0) is 0 Å². The van der Waals surface area contributed by atoms with Crippen LogP contribution in [0.5, 0.6) is 0 Å². The Morgan fingerprint density at radius 1 is 0.765 bits per heavy atom. The number of aromatic amines is 1. The van der Waals surface area contributed by atoms with E-state index in [9.17, 15) is 0 Å². The predicted octanol–water partition coefficient (Wildman–Crippen LogP) is 5.12. The Morgan fingerprint density at radius 3 is 2.47 bits per heavy atom. The van der Waals surface area contributed by atoms with Crippen LogP contribution >= 0.6 is 0 Å². The highest BCUT2D eigenvalue weighted by Crippen LogP contribution is 2.33. The van der Waals surface area contributed by atoms with Gasteiger partial charge in [-0.3, -0.25) is 14.9 Å². The first kappa shape index (κ1) is 19.7. The van der Waals surface area contributed by atoms with Gasteiger partial charge in [-0.1, -0.05) is 12.1 Å². The Balaban J connectivity index is 1.23. The number of piperazine rings is 1. The molecule has 4 aromatic heterocycles. The Hall–Kier alpha value is -3.77. The molecule has 1 saturated heterocycles. The molecule has 0 radical (unpaired) electrons. The van der Waals surface area contributed by atoms with E-state index in [1.165, 1.54) is 37.2 Å². The number of nitrogens with zero attached hydrogens (tertiary/aromatic N) is 5. The van der Waals surface area contributed by atoms with Crippen molar-refractivity contribution >= 4 is 27.6 Å². The van der Waals surface area contributed by atoms with Gasteiger partial charge in [0, 0.05) is 78.4 Å². The Bertz CT molecular complexity index is 1480. The summed E-state index contributed by atoms with van der Waals surface area (Å²) in [5.41, 5.74) is 7.44. The number of benzene rings is 1. The van der Waals surface area contributed by atoms with Crippen LogP contribution in [0.15, 0.2) is 73.3 Å². The molecule has 0 unspecified atom stereocenters. The molecule has 0 spiro atoms. The summed E-state index contributed by atoms with van der Waals surface area (Å²) in [6, 6.07) is 18.1. The molecular formula is C28H26N6. The fraction of sp³-hybridized carbons (Fsp3) is 0.250. The second-order valence-electron chi connectivity index (χ2n) is 9.41. The highest BCUT2D eigenvalue weighted by molar-refractivity contribution is 6.07. The van der Waals surface area contributed by atoms with Crippen molar-refractivity contribution in [1.82, 2.24) is 24.8 Å². The van der Waals surface area contributed by atoms with Crippen LogP contribution in [0.2, 0.25) is 0 Å². The molecule has 1 aliphatic carbocycles. The number of rotatable bonds is 4. The maximum absolute atomic E-state index is 4.76. The molecule has 5 aromatic rings. The maximum atomic E-state index is 4.76. The Labute approximate surface area is 198 Å². The normalized spacial score (nSPS) is 17.0. The average Bonchev–Trinajstić information content (AvgIpc) is 3.70. The quantitative estimate of drug-likeness (QED) is 0.415. The smallest absolute Gasteiger partial charge is 0.138 e. The summed E-state index contributed by atoms with van der Waals surface area (Å²) in [4.78, 5) is 22.2. The minimum absolute atomic E-state index is 0.858. The van der Waals surface area contributed by atoms with Crippen molar-refractivity contribution in [3.8, 4) is 22.4 Å². The zero-order valence-corrected chi connectivity index (χ0v) is 19.0. The number of hydrogen-bond donors (Lipinski definition) is 1. The van der Waals surface area contributed by atoms with E-state index >= 15 is 0 Å². The molecule has 0 amide bonds. The van der Waals surface area contributed by atoms with E-state index in [1.54, 1.807) is 6.20 Å². The third-order valence-corrected chi connectivity index (χ3v) is 7.21. The van der Waals surface area contributed by atoms with E-state index < -0.39 is 0 Å². The monoisotopic (exact) mass is 446 g/mol. The molecule has 5 heterocycles. The van der Waals surface area contributed by atoms with Gasteiger partial charge in [0.25, 0.3) is 0 Å². The van der Waals surface area contributed by atoms with Crippen molar-refractivity contribution in [3.63, 3.8) is 0 Å². The number of anilines is 1. The van der Waals surface area contributed by atoms with Crippen molar-refractivity contribution in [2.75, 3.05) is 31.1 Å². The molecule has 1 aromatic carbocycles. The van der Waals surface area contributed by atoms with Crippen LogP contribution < -0.4 is 4.90 Å². The van der Waals surface area contributed by atoms with Crippen LogP contribution in [0.3, 0.4) is 0 Å². The van der Waals surface area contributed by atoms with E-state index in [-0.39, 0.29) is 0 Å². The number of aromatic nitrogens is 4. The summed E-state index contributed by atoms with van der Waals surface area (Å²) in [7, 11) is 0. The van der Waals surface area contributed by atoms with Gasteiger partial charge in [0.05, 0.1) is 17.4 Å². The first-order valence-corrected chi connectivity index (χ1v) is 12.1. The molecule has 0 bridgehead atoms. The molecule has 0 atom stereocenters. The highest BCUT2D eigenvalue weighted by Gasteiger charge is 2.31. The van der Waals surface area contributed by atoms with Gasteiger partial charge >= 0.3 is 0 Å². The first-order chi connectivity index (χ1) is 16.8. The van der Waals surface area contributed by atoms with Crippen LogP contribution in [0.1, 0.15) is 12.8 Å². The topological polar surface area (TPSA) is 60.9 Å². The van der Waals surface area contributed by atoms with Crippen LogP contribution in [0.4, 0.5) is 5.69 Å². The van der Waals surface area contributed by atoms with Gasteiger partial charge in [0.1, 0.15) is 5.65 Å². The lowest BCUT2D eigenvalue weighted by Gasteiger charge is -2.36. The van der Waals surface area contributed by atoms with E-state index in [1.807, 2.05) is 30.7 Å². The number of H-pyrrole nitrogens is 1. The van der Waals surface area contributed by atoms with Crippen molar-refractivity contribution in [3.05, 3.63) is 73.3 Å². The van der Waals surface area contributed by atoms with Gasteiger partial charge in [-0.2, -0.15) is 0 Å². The third kappa shape index (κ3) is 3.51. The third-order valence-electron chi connectivity index (χ3n) is 7.21. The molecule has 6 heteroatoms. The standard InChI is InChI=1S/C28H26N6/c1-3-19(13-23(5-1)34-11-9-33(10-12-34)22-6-7-22)21-14-25-24-15-26(20-4-2-8-29-16-20)30-18-27(24)32-28(25)31-17-21/h1-5,8,13-18,22H,6-7,9-12H2,(H,31,32). The Morgan fingerprint density at radius 2 is 1.65 bits per heavy atom. The van der Waals surface area contributed by atoms with Crippen molar-refractivity contribution in [2.45, 2.75) is 18.9 Å². The molecule has 1 N–H and O–H groups in total. The zero-order chi connectivity index (χ0) is 22.5. The second-order valence-corrected chi connectivity index (χ2v) is 9.41. The molecule has 2 aliphatic rings. The van der Waals surface area contributed by atoms with Crippen molar-refractivity contribution in [2.24, 2.45) is 0 Å². The molecule has 2 fully saturated rings. The first-order valence-electron chi connectivity index (χ1n) is 12.1. The SMILES string of the molecule is c1cncc(-c2cc3c(cn2)[nH]c2ncc(-c4cccc(N5CCN(C6CC6)CC5)c4)cc23)c1. The summed E-state index contributed by atoms with van der Waals surface area (Å²) in [6.45, 7) is 4.55. The lowest BCUT2D eigenvalue weighted by Crippen LogP contribution is -2.47. The van der Waals surface area contributed by atoms with Gasteiger partial charge in [0.2, 0.25) is 0 Å². The molecule has 1 saturated carbocycles. The van der Waals surface area contributed by atoms with Gasteiger partial charge in [-0.05, 0) is 54.8 Å². The minimum Gasteiger partial charge on any atom is -0.369 e. The summed E-state index contributed by atoms with van der Waals surface area (Å²) in [5.74, 6) is 0.